The normalized spacial score (nSPS) is 22.2. The van der Waals surface area contributed by atoms with Crippen molar-refractivity contribution >= 4 is 21.6 Å². The lowest BCUT2D eigenvalue weighted by atomic mass is 9.77. The van der Waals surface area contributed by atoms with Gasteiger partial charge in [0.2, 0.25) is 0 Å². The van der Waals surface area contributed by atoms with Crippen molar-refractivity contribution in [3.05, 3.63) is 106 Å². The van der Waals surface area contributed by atoms with Crippen LogP contribution in [0.4, 0.5) is 5.69 Å². The Morgan fingerprint density at radius 3 is 2.57 bits per heavy atom. The zero-order valence-corrected chi connectivity index (χ0v) is 17.1. The van der Waals surface area contributed by atoms with E-state index in [2.05, 4.69) is 100 Å². The zero-order valence-electron chi connectivity index (χ0n) is 15.5. The van der Waals surface area contributed by atoms with Gasteiger partial charge in [-0.05, 0) is 47.2 Å². The van der Waals surface area contributed by atoms with Gasteiger partial charge >= 0.3 is 0 Å². The van der Waals surface area contributed by atoms with Crippen molar-refractivity contribution in [2.75, 3.05) is 5.32 Å². The number of fused-ring (bicyclic) bond motifs is 3. The molecule has 0 aromatic heterocycles. The van der Waals surface area contributed by atoms with E-state index in [1.807, 2.05) is 6.07 Å². The van der Waals surface area contributed by atoms with Crippen LogP contribution in [0.25, 0.3) is 0 Å². The molecule has 3 aromatic rings. The molecule has 3 unspecified atom stereocenters. The molecule has 0 saturated heterocycles. The van der Waals surface area contributed by atoms with Gasteiger partial charge in [0.25, 0.3) is 0 Å². The van der Waals surface area contributed by atoms with E-state index in [1.165, 1.54) is 16.7 Å². The lowest BCUT2D eigenvalue weighted by molar-refractivity contribution is 0.304. The summed E-state index contributed by atoms with van der Waals surface area (Å²) < 4.78 is 7.36. The minimum atomic E-state index is 0.280. The first kappa shape index (κ1) is 17.6. The largest absolute Gasteiger partial charge is 0.487 e. The van der Waals surface area contributed by atoms with Crippen molar-refractivity contribution in [1.29, 1.82) is 0 Å². The van der Waals surface area contributed by atoms with Crippen LogP contribution in [0.5, 0.6) is 5.75 Å². The van der Waals surface area contributed by atoms with Crippen LogP contribution in [-0.4, -0.2) is 0 Å². The lowest BCUT2D eigenvalue weighted by Gasteiger charge is -2.38. The van der Waals surface area contributed by atoms with Gasteiger partial charge in [-0.25, -0.2) is 0 Å². The number of para-hydroxylation sites is 1. The van der Waals surface area contributed by atoms with Crippen LogP contribution in [0.2, 0.25) is 0 Å². The van der Waals surface area contributed by atoms with Crippen LogP contribution in [0, 0.1) is 5.92 Å². The minimum Gasteiger partial charge on any atom is -0.487 e. The van der Waals surface area contributed by atoms with Crippen molar-refractivity contribution in [1.82, 2.24) is 0 Å². The summed E-state index contributed by atoms with van der Waals surface area (Å²) >= 11 is 3.55. The minimum absolute atomic E-state index is 0.280. The van der Waals surface area contributed by atoms with Crippen LogP contribution < -0.4 is 10.1 Å². The maximum atomic E-state index is 6.25. The third-order valence-corrected chi connectivity index (χ3v) is 6.35. The molecule has 0 radical (unpaired) electrons. The summed E-state index contributed by atoms with van der Waals surface area (Å²) in [5, 5.41) is 3.83. The van der Waals surface area contributed by atoms with Gasteiger partial charge in [-0.3, -0.25) is 0 Å². The van der Waals surface area contributed by atoms with Gasteiger partial charge in [0.1, 0.15) is 12.4 Å². The smallest absolute Gasteiger partial charge is 0.143 e. The fraction of sp³-hybridized carbons (Fsp3) is 0.200. The summed E-state index contributed by atoms with van der Waals surface area (Å²) in [5.41, 5.74) is 4.99. The van der Waals surface area contributed by atoms with Crippen LogP contribution in [0.15, 0.2) is 89.4 Å². The topological polar surface area (TPSA) is 21.3 Å². The molecule has 5 rings (SSSR count). The van der Waals surface area contributed by atoms with Gasteiger partial charge in [-0.15, -0.1) is 0 Å². The number of benzene rings is 3. The van der Waals surface area contributed by atoms with Gasteiger partial charge in [-0.1, -0.05) is 82.7 Å². The van der Waals surface area contributed by atoms with Crippen LogP contribution in [0.3, 0.4) is 0 Å². The molecular formula is C25H22BrNO. The van der Waals surface area contributed by atoms with Gasteiger partial charge in [0.15, 0.2) is 0 Å². The van der Waals surface area contributed by atoms with Gasteiger partial charge in [0, 0.05) is 10.4 Å². The van der Waals surface area contributed by atoms with Gasteiger partial charge in [0.05, 0.1) is 11.7 Å². The van der Waals surface area contributed by atoms with Gasteiger partial charge in [-0.2, -0.15) is 0 Å². The van der Waals surface area contributed by atoms with Crippen molar-refractivity contribution in [3.63, 3.8) is 0 Å². The fourth-order valence-electron chi connectivity index (χ4n) is 4.45. The Morgan fingerprint density at radius 2 is 1.75 bits per heavy atom. The van der Waals surface area contributed by atoms with Crippen LogP contribution in [0.1, 0.15) is 35.1 Å². The van der Waals surface area contributed by atoms with Crippen LogP contribution >= 0.6 is 15.9 Å². The molecule has 3 heteroatoms. The van der Waals surface area contributed by atoms with E-state index < -0.39 is 0 Å². The highest BCUT2D eigenvalue weighted by Crippen LogP contribution is 2.52. The van der Waals surface area contributed by atoms with E-state index in [0.717, 1.165) is 22.3 Å². The predicted molar refractivity (Wildman–Crippen MR) is 118 cm³/mol. The molecule has 3 aromatic carbocycles. The number of hydrogen-bond donors (Lipinski definition) is 1. The molecule has 0 amide bonds. The Hall–Kier alpha value is -2.52. The maximum Gasteiger partial charge on any atom is 0.143 e. The summed E-state index contributed by atoms with van der Waals surface area (Å²) in [6.07, 6.45) is 5.81. The molecule has 140 valence electrons. The second-order valence-electron chi connectivity index (χ2n) is 7.52. The third-order valence-electron chi connectivity index (χ3n) is 5.82. The first-order valence-electron chi connectivity index (χ1n) is 9.78. The summed E-state index contributed by atoms with van der Waals surface area (Å²) in [4.78, 5) is 0. The van der Waals surface area contributed by atoms with E-state index in [0.29, 0.717) is 18.4 Å². The highest BCUT2D eigenvalue weighted by atomic mass is 79.9. The zero-order chi connectivity index (χ0) is 18.9. The molecule has 2 nitrogen and oxygen atoms in total. The third kappa shape index (κ3) is 3.24. The Labute approximate surface area is 174 Å². The number of ether oxygens (including phenoxy) is 1. The predicted octanol–water partition coefficient (Wildman–Crippen LogP) is 6.85. The fourth-order valence-corrected chi connectivity index (χ4v) is 4.71. The number of anilines is 1. The molecule has 0 spiro atoms. The number of nitrogens with one attached hydrogen (secondary N) is 1. The second-order valence-corrected chi connectivity index (χ2v) is 8.44. The van der Waals surface area contributed by atoms with E-state index >= 15 is 0 Å². The molecule has 0 saturated carbocycles. The lowest BCUT2D eigenvalue weighted by Crippen LogP contribution is -2.29. The molecule has 1 aliphatic heterocycles. The van der Waals surface area contributed by atoms with E-state index in [9.17, 15) is 0 Å². The first-order chi connectivity index (χ1) is 13.8. The van der Waals surface area contributed by atoms with E-state index in [1.54, 1.807) is 0 Å². The Morgan fingerprint density at radius 1 is 0.929 bits per heavy atom. The SMILES string of the molecule is Brc1ccc(C2Nc3c(OCc4ccccc4)cccc3C3C=CCC32)cc1. The Kier molecular flexibility index (Phi) is 4.69. The van der Waals surface area contributed by atoms with Crippen molar-refractivity contribution < 1.29 is 4.74 Å². The number of halogens is 1. The van der Waals surface area contributed by atoms with E-state index in [4.69, 9.17) is 4.74 Å². The summed E-state index contributed by atoms with van der Waals surface area (Å²) in [6.45, 7) is 0.575. The van der Waals surface area contributed by atoms with Gasteiger partial charge < -0.3 is 10.1 Å². The number of hydrogen-bond acceptors (Lipinski definition) is 2. The summed E-state index contributed by atoms with van der Waals surface area (Å²) in [7, 11) is 0. The molecule has 2 aliphatic rings. The summed E-state index contributed by atoms with van der Waals surface area (Å²) in [5.74, 6) is 1.91. The molecule has 1 aliphatic carbocycles. The first-order valence-corrected chi connectivity index (χ1v) is 10.6. The molecule has 0 bridgehead atoms. The quantitative estimate of drug-likeness (QED) is 0.455. The van der Waals surface area contributed by atoms with Crippen molar-refractivity contribution in [3.8, 4) is 5.75 Å². The molecule has 28 heavy (non-hydrogen) atoms. The monoisotopic (exact) mass is 431 g/mol. The average molecular weight is 432 g/mol. The van der Waals surface area contributed by atoms with E-state index in [-0.39, 0.29) is 6.04 Å². The summed E-state index contributed by atoms with van der Waals surface area (Å²) in [6, 6.07) is 25.7. The molecule has 1 N–H and O–H groups in total. The molecule has 1 heterocycles. The standard InChI is InChI=1S/C25H22BrNO/c26-19-14-12-18(13-15-19)24-21-9-4-8-20(21)22-10-5-11-23(25(22)27-24)28-16-17-6-2-1-3-7-17/h1-8,10-15,20-21,24,27H,9,16H2. The molecule has 3 atom stereocenters. The Bertz CT molecular complexity index is 997. The maximum absolute atomic E-state index is 6.25. The number of allylic oxidation sites excluding steroid dienone is 2. The van der Waals surface area contributed by atoms with Crippen molar-refractivity contribution in [2.24, 2.45) is 5.92 Å². The highest BCUT2D eigenvalue weighted by Gasteiger charge is 2.38. The Balaban J connectivity index is 1.49. The second kappa shape index (κ2) is 7.48. The average Bonchev–Trinajstić information content (AvgIpc) is 3.23. The number of rotatable bonds is 4. The molecule has 0 fully saturated rings. The van der Waals surface area contributed by atoms with Crippen LogP contribution in [-0.2, 0) is 6.61 Å². The highest BCUT2D eigenvalue weighted by molar-refractivity contribution is 9.10. The van der Waals surface area contributed by atoms with Crippen molar-refractivity contribution in [2.45, 2.75) is 25.0 Å². The molecular weight excluding hydrogens is 410 g/mol.